The second-order valence-electron chi connectivity index (χ2n) is 7.14. The Morgan fingerprint density at radius 3 is 0.971 bits per heavy atom. The highest BCUT2D eigenvalue weighted by Gasteiger charge is 2.33. The normalized spacial score (nSPS) is 10.9. The van der Waals surface area contributed by atoms with E-state index >= 15 is 13.2 Å². The number of hydrogen-bond acceptors (Lipinski definition) is 3. The van der Waals surface area contributed by atoms with Crippen molar-refractivity contribution in [3.63, 3.8) is 0 Å². The Labute approximate surface area is 193 Å². The molecule has 0 saturated carbocycles. The molecule has 180 valence electrons. The van der Waals surface area contributed by atoms with E-state index in [9.17, 15) is 13.2 Å². The number of benzene rings is 3. The molecule has 0 aliphatic heterocycles. The van der Waals surface area contributed by atoms with E-state index in [-0.39, 0.29) is 53.5 Å². The van der Waals surface area contributed by atoms with Gasteiger partial charge in [-0.05, 0) is 55.4 Å². The van der Waals surface area contributed by atoms with Gasteiger partial charge in [0.15, 0.2) is 34.7 Å². The first-order valence-electron chi connectivity index (χ1n) is 10.6. The summed E-state index contributed by atoms with van der Waals surface area (Å²) in [5.74, 6) is -7.57. The molecule has 0 atom stereocenters. The highest BCUT2D eigenvalue weighted by molar-refractivity contribution is 6.95. The van der Waals surface area contributed by atoms with Crippen molar-refractivity contribution in [1.82, 2.24) is 0 Å². The van der Waals surface area contributed by atoms with E-state index in [0.29, 0.717) is 18.2 Å². The predicted octanol–water partition coefficient (Wildman–Crippen LogP) is 4.23. The average Bonchev–Trinajstić information content (AvgIpc) is 2.77. The van der Waals surface area contributed by atoms with Crippen LogP contribution in [-0.4, -0.2) is 26.5 Å². The maximum atomic E-state index is 15.1. The summed E-state index contributed by atoms with van der Waals surface area (Å²) < 4.78 is 103. The van der Waals surface area contributed by atoms with E-state index in [1.54, 1.807) is 20.8 Å². The summed E-state index contributed by atoms with van der Waals surface area (Å²) in [6.07, 6.45) is 0. The Kier molecular flexibility index (Phi) is 8.01. The van der Waals surface area contributed by atoms with Gasteiger partial charge in [0.2, 0.25) is 0 Å². The molecule has 0 aliphatic carbocycles. The molecule has 0 fully saturated rings. The lowest BCUT2D eigenvalue weighted by molar-refractivity contribution is 0.320. The molecule has 0 aliphatic rings. The summed E-state index contributed by atoms with van der Waals surface area (Å²) in [4.78, 5) is 0. The van der Waals surface area contributed by atoms with E-state index in [0.717, 1.165) is 18.2 Å². The first kappa shape index (κ1) is 25.3. The highest BCUT2D eigenvalue weighted by atomic mass is 19.2. The molecule has 3 aromatic carbocycles. The van der Waals surface area contributed by atoms with Crippen molar-refractivity contribution in [1.29, 1.82) is 0 Å². The zero-order valence-electron chi connectivity index (χ0n) is 18.7. The Morgan fingerprint density at radius 1 is 0.471 bits per heavy atom. The van der Waals surface area contributed by atoms with E-state index in [2.05, 4.69) is 0 Å². The highest BCUT2D eigenvalue weighted by Crippen LogP contribution is 2.22. The Bertz CT molecular complexity index is 1040. The van der Waals surface area contributed by atoms with E-state index < -0.39 is 41.6 Å². The largest absolute Gasteiger partial charge is 0.491 e. The van der Waals surface area contributed by atoms with Gasteiger partial charge in [0.05, 0.1) is 19.8 Å². The Hall–Kier alpha value is -3.30. The predicted molar refractivity (Wildman–Crippen MR) is 117 cm³/mol. The first-order valence-corrected chi connectivity index (χ1v) is 10.6. The van der Waals surface area contributed by atoms with Crippen molar-refractivity contribution in [3.05, 3.63) is 71.3 Å². The third kappa shape index (κ3) is 5.10. The molecule has 0 unspecified atom stereocenters. The minimum atomic E-state index is -1.60. The zero-order chi connectivity index (χ0) is 25.0. The van der Waals surface area contributed by atoms with Crippen LogP contribution in [0.5, 0.6) is 17.2 Å². The third-order valence-corrected chi connectivity index (χ3v) is 4.99. The summed E-state index contributed by atoms with van der Waals surface area (Å²) >= 11 is 0. The summed E-state index contributed by atoms with van der Waals surface area (Å²) in [6.45, 7) is 3.22. The van der Waals surface area contributed by atoms with Crippen molar-refractivity contribution in [3.8, 4) is 17.2 Å². The minimum absolute atomic E-state index is 0.0332. The second kappa shape index (κ2) is 10.8. The molecule has 0 saturated heterocycles. The molecule has 3 rings (SSSR count). The van der Waals surface area contributed by atoms with Gasteiger partial charge in [-0.1, -0.05) is 0 Å². The van der Waals surface area contributed by atoms with Crippen LogP contribution in [0, 0.1) is 34.9 Å². The molecule has 0 bridgehead atoms. The SMILES string of the molecule is CCOc1cc(B(c2cc(OCC)c(F)cc2F)c2cc(OCC)c(F)cc2F)c(F)cc1F. The third-order valence-electron chi connectivity index (χ3n) is 4.99. The quantitative estimate of drug-likeness (QED) is 0.338. The molecule has 0 heterocycles. The molecule has 34 heavy (non-hydrogen) atoms. The molecule has 3 nitrogen and oxygen atoms in total. The van der Waals surface area contributed by atoms with Crippen LogP contribution in [0.25, 0.3) is 0 Å². The Balaban J connectivity index is 2.37. The van der Waals surface area contributed by atoms with Crippen LogP contribution in [0.1, 0.15) is 20.8 Å². The van der Waals surface area contributed by atoms with Crippen molar-refractivity contribution >= 4 is 23.1 Å². The number of ether oxygens (including phenoxy) is 3. The molecule has 0 amide bonds. The number of rotatable bonds is 9. The van der Waals surface area contributed by atoms with Crippen LogP contribution in [0.2, 0.25) is 0 Å². The molecule has 0 N–H and O–H groups in total. The van der Waals surface area contributed by atoms with Gasteiger partial charge in [-0.25, -0.2) is 26.3 Å². The maximum Gasteiger partial charge on any atom is 0.253 e. The van der Waals surface area contributed by atoms with Gasteiger partial charge in [-0.2, -0.15) is 0 Å². The summed E-state index contributed by atoms with van der Waals surface area (Å²) in [7, 11) is 0. The smallest absolute Gasteiger partial charge is 0.253 e. The van der Waals surface area contributed by atoms with Crippen LogP contribution in [0.15, 0.2) is 36.4 Å². The topological polar surface area (TPSA) is 27.7 Å². The summed E-state index contributed by atoms with van der Waals surface area (Å²) in [5, 5.41) is 0. The van der Waals surface area contributed by atoms with Gasteiger partial charge in [0, 0.05) is 18.2 Å². The minimum Gasteiger partial charge on any atom is -0.491 e. The standard InChI is InChI=1S/C24H21BF6O3/c1-4-32-22-7-13(16(26)10-19(22)29)25(14-8-23(33-5-2)20(30)11-17(14)27)15-9-24(34-6-3)21(31)12-18(15)28/h7-12H,4-6H2,1-3H3. The first-order chi connectivity index (χ1) is 16.2. The lowest BCUT2D eigenvalue weighted by atomic mass is 9.36. The maximum absolute atomic E-state index is 15.1. The molecule has 0 radical (unpaired) electrons. The molecular weight excluding hydrogens is 461 g/mol. The molecule has 0 aromatic heterocycles. The zero-order valence-corrected chi connectivity index (χ0v) is 18.7. The van der Waals surface area contributed by atoms with Crippen molar-refractivity contribution in [2.45, 2.75) is 20.8 Å². The Morgan fingerprint density at radius 2 is 0.735 bits per heavy atom. The van der Waals surface area contributed by atoms with E-state index in [4.69, 9.17) is 14.2 Å². The van der Waals surface area contributed by atoms with E-state index in [1.807, 2.05) is 0 Å². The average molecular weight is 482 g/mol. The lowest BCUT2D eigenvalue weighted by Crippen LogP contribution is -2.55. The molecular formula is C24H21BF6O3. The van der Waals surface area contributed by atoms with Crippen LogP contribution in [0.3, 0.4) is 0 Å². The van der Waals surface area contributed by atoms with Gasteiger partial charge in [-0.3, -0.25) is 0 Å². The van der Waals surface area contributed by atoms with E-state index in [1.165, 1.54) is 0 Å². The second-order valence-corrected chi connectivity index (χ2v) is 7.14. The van der Waals surface area contributed by atoms with Gasteiger partial charge in [0.25, 0.3) is 6.71 Å². The lowest BCUT2D eigenvalue weighted by Gasteiger charge is -2.21. The number of halogens is 6. The van der Waals surface area contributed by atoms with Crippen molar-refractivity contribution < 1.29 is 40.6 Å². The molecule has 0 spiro atoms. The van der Waals surface area contributed by atoms with Crippen molar-refractivity contribution in [2.75, 3.05) is 19.8 Å². The van der Waals surface area contributed by atoms with Crippen LogP contribution in [-0.2, 0) is 0 Å². The van der Waals surface area contributed by atoms with Crippen LogP contribution < -0.4 is 30.6 Å². The molecule has 10 heteroatoms. The van der Waals surface area contributed by atoms with Gasteiger partial charge in [-0.15, -0.1) is 0 Å². The fourth-order valence-corrected chi connectivity index (χ4v) is 3.60. The van der Waals surface area contributed by atoms with Gasteiger partial charge < -0.3 is 14.2 Å². The molecule has 3 aromatic rings. The number of hydrogen-bond donors (Lipinski definition) is 0. The monoisotopic (exact) mass is 482 g/mol. The van der Waals surface area contributed by atoms with Crippen LogP contribution in [0.4, 0.5) is 26.3 Å². The summed E-state index contributed by atoms with van der Waals surface area (Å²) in [5.41, 5.74) is -1.15. The van der Waals surface area contributed by atoms with Gasteiger partial charge in [0.1, 0.15) is 17.5 Å². The fourth-order valence-electron chi connectivity index (χ4n) is 3.60. The summed E-state index contributed by atoms with van der Waals surface area (Å²) in [6, 6.07) is 4.44. The fraction of sp³-hybridized carbons (Fsp3) is 0.250. The van der Waals surface area contributed by atoms with Crippen LogP contribution >= 0.6 is 0 Å². The van der Waals surface area contributed by atoms with Crippen molar-refractivity contribution in [2.24, 2.45) is 0 Å². The van der Waals surface area contributed by atoms with Gasteiger partial charge >= 0.3 is 0 Å².